The van der Waals surface area contributed by atoms with Gasteiger partial charge in [0.15, 0.2) is 0 Å². The largest absolute Gasteiger partial charge is 0.333 e. The fourth-order valence-electron chi connectivity index (χ4n) is 2.92. The Morgan fingerprint density at radius 1 is 1.11 bits per heavy atom. The molecule has 0 radical (unpaired) electrons. The zero-order valence-electron chi connectivity index (χ0n) is 15.5. The number of anilines is 1. The topological polar surface area (TPSA) is 88.9 Å². The van der Waals surface area contributed by atoms with Crippen LogP contribution in [0.15, 0.2) is 53.3 Å². The highest BCUT2D eigenvalue weighted by atomic mass is 16.2. The van der Waals surface area contributed by atoms with E-state index in [1.165, 1.54) is 4.68 Å². The Hall–Kier alpha value is -3.22. The predicted octanol–water partition coefficient (Wildman–Crippen LogP) is 2.95. The van der Waals surface area contributed by atoms with Gasteiger partial charge < -0.3 is 10.6 Å². The maximum Gasteiger partial charge on any atom is 0.319 e. The summed E-state index contributed by atoms with van der Waals surface area (Å²) in [5, 5.41) is 14.4. The minimum atomic E-state index is -0.301. The third kappa shape index (κ3) is 4.31. The molecule has 0 spiro atoms. The van der Waals surface area contributed by atoms with Crippen LogP contribution in [0.25, 0.3) is 10.9 Å². The zero-order chi connectivity index (χ0) is 19.2. The molecule has 0 saturated carbocycles. The van der Waals surface area contributed by atoms with Crippen LogP contribution in [0, 0.1) is 0 Å². The highest BCUT2D eigenvalue weighted by molar-refractivity contribution is 5.90. The molecule has 3 rings (SSSR count). The Balaban J connectivity index is 1.71. The average Bonchev–Trinajstić information content (AvgIpc) is 2.70. The third-order valence-corrected chi connectivity index (χ3v) is 4.50. The Morgan fingerprint density at radius 3 is 2.63 bits per heavy atom. The minimum absolute atomic E-state index is 0.211. The van der Waals surface area contributed by atoms with E-state index in [9.17, 15) is 9.59 Å². The number of amides is 2. The van der Waals surface area contributed by atoms with E-state index in [2.05, 4.69) is 20.9 Å². The van der Waals surface area contributed by atoms with Crippen LogP contribution in [0.5, 0.6) is 0 Å². The van der Waals surface area contributed by atoms with Crippen LogP contribution in [-0.2, 0) is 13.0 Å². The molecule has 7 heteroatoms. The van der Waals surface area contributed by atoms with E-state index in [0.717, 1.165) is 17.7 Å². The van der Waals surface area contributed by atoms with Crippen molar-refractivity contribution in [3.05, 3.63) is 64.4 Å². The quantitative estimate of drug-likeness (QED) is 0.703. The second kappa shape index (κ2) is 8.44. The van der Waals surface area contributed by atoms with Crippen molar-refractivity contribution < 1.29 is 4.79 Å². The average molecular weight is 365 g/mol. The summed E-state index contributed by atoms with van der Waals surface area (Å²) < 4.78 is 1.30. The van der Waals surface area contributed by atoms with Gasteiger partial charge in [0.1, 0.15) is 5.52 Å². The number of urea groups is 1. The molecule has 0 bridgehead atoms. The zero-order valence-corrected chi connectivity index (χ0v) is 15.5. The van der Waals surface area contributed by atoms with E-state index in [-0.39, 0.29) is 24.2 Å². The van der Waals surface area contributed by atoms with Crippen LogP contribution >= 0.6 is 0 Å². The normalized spacial score (nSPS) is 11.9. The van der Waals surface area contributed by atoms with Gasteiger partial charge in [-0.2, -0.15) is 0 Å². The lowest BCUT2D eigenvalue weighted by atomic mass is 10.1. The molecule has 0 fully saturated rings. The predicted molar refractivity (Wildman–Crippen MR) is 106 cm³/mol. The molecule has 27 heavy (non-hydrogen) atoms. The number of rotatable bonds is 6. The Morgan fingerprint density at radius 2 is 1.85 bits per heavy atom. The van der Waals surface area contributed by atoms with Gasteiger partial charge in [0, 0.05) is 5.69 Å². The van der Waals surface area contributed by atoms with Crippen molar-refractivity contribution in [3.63, 3.8) is 0 Å². The monoisotopic (exact) mass is 365 g/mol. The molecular weight excluding hydrogens is 342 g/mol. The number of aryl methyl sites for hydroxylation is 1. The first-order chi connectivity index (χ1) is 13.1. The molecule has 0 aliphatic rings. The number of hydrogen-bond acceptors (Lipinski definition) is 4. The Bertz CT molecular complexity index is 999. The summed E-state index contributed by atoms with van der Waals surface area (Å²) in [5.41, 5.74) is 2.21. The number of hydrogen-bond donors (Lipinski definition) is 2. The van der Waals surface area contributed by atoms with Gasteiger partial charge in [0.25, 0.3) is 5.56 Å². The molecule has 0 saturated heterocycles. The molecular formula is C20H23N5O2. The number of benzene rings is 2. The van der Waals surface area contributed by atoms with Crippen molar-refractivity contribution in [1.29, 1.82) is 0 Å². The fourth-order valence-corrected chi connectivity index (χ4v) is 2.92. The highest BCUT2D eigenvalue weighted by Gasteiger charge is 2.15. The number of fused-ring (bicyclic) bond motifs is 1. The molecule has 2 N–H and O–H groups in total. The van der Waals surface area contributed by atoms with E-state index in [4.69, 9.17) is 0 Å². The molecule has 2 aromatic carbocycles. The van der Waals surface area contributed by atoms with E-state index in [1.54, 1.807) is 18.2 Å². The number of para-hydroxylation sites is 1. The number of carbonyl (C=O) groups is 1. The summed E-state index contributed by atoms with van der Waals surface area (Å²) >= 11 is 0. The van der Waals surface area contributed by atoms with Crippen molar-refractivity contribution in [1.82, 2.24) is 20.3 Å². The van der Waals surface area contributed by atoms with Crippen molar-refractivity contribution >= 4 is 22.6 Å². The first-order valence-corrected chi connectivity index (χ1v) is 9.10. The molecule has 140 valence electrons. The van der Waals surface area contributed by atoms with E-state index < -0.39 is 0 Å². The lowest BCUT2D eigenvalue weighted by molar-refractivity contribution is 0.245. The number of nitrogens with zero attached hydrogens (tertiary/aromatic N) is 3. The molecule has 1 unspecified atom stereocenters. The molecule has 1 heterocycles. The number of aromatic nitrogens is 3. The maximum atomic E-state index is 12.6. The third-order valence-electron chi connectivity index (χ3n) is 4.50. The smallest absolute Gasteiger partial charge is 0.319 e. The van der Waals surface area contributed by atoms with E-state index in [0.29, 0.717) is 17.3 Å². The molecule has 1 atom stereocenters. The summed E-state index contributed by atoms with van der Waals surface area (Å²) in [6, 6.07) is 14.2. The summed E-state index contributed by atoms with van der Waals surface area (Å²) in [6.45, 7) is 4.25. The van der Waals surface area contributed by atoms with Gasteiger partial charge in [-0.15, -0.1) is 5.10 Å². The van der Waals surface area contributed by atoms with Crippen LogP contribution in [0.3, 0.4) is 0 Å². The van der Waals surface area contributed by atoms with Crippen LogP contribution in [0.1, 0.15) is 25.8 Å². The summed E-state index contributed by atoms with van der Waals surface area (Å²) in [7, 11) is 0. The molecule has 1 aromatic heterocycles. The Kier molecular flexibility index (Phi) is 5.80. The summed E-state index contributed by atoms with van der Waals surface area (Å²) in [6.07, 6.45) is 1.49. The van der Waals surface area contributed by atoms with Gasteiger partial charge in [0.2, 0.25) is 0 Å². The van der Waals surface area contributed by atoms with Crippen molar-refractivity contribution in [2.75, 3.05) is 5.32 Å². The van der Waals surface area contributed by atoms with Gasteiger partial charge in [-0.25, -0.2) is 9.48 Å². The van der Waals surface area contributed by atoms with Gasteiger partial charge >= 0.3 is 6.03 Å². The van der Waals surface area contributed by atoms with Crippen LogP contribution in [0.2, 0.25) is 0 Å². The molecule has 0 aliphatic carbocycles. The van der Waals surface area contributed by atoms with Crippen LogP contribution in [-0.4, -0.2) is 27.1 Å². The molecule has 3 aromatic rings. The molecule has 2 amide bonds. The number of carbonyl (C=O) groups excluding carboxylic acids is 1. The first kappa shape index (κ1) is 18.6. The van der Waals surface area contributed by atoms with Crippen molar-refractivity contribution in [3.8, 4) is 0 Å². The fraction of sp³-hybridized carbons (Fsp3) is 0.300. The minimum Gasteiger partial charge on any atom is -0.333 e. The summed E-state index contributed by atoms with van der Waals surface area (Å²) in [4.78, 5) is 25.0. The molecule has 7 nitrogen and oxygen atoms in total. The van der Waals surface area contributed by atoms with Crippen molar-refractivity contribution in [2.24, 2.45) is 0 Å². The molecule has 0 aliphatic heterocycles. The highest BCUT2D eigenvalue weighted by Crippen LogP contribution is 2.15. The van der Waals surface area contributed by atoms with Gasteiger partial charge in [-0.1, -0.05) is 49.4 Å². The second-order valence-electron chi connectivity index (χ2n) is 6.31. The lowest BCUT2D eigenvalue weighted by Crippen LogP contribution is -2.42. The van der Waals surface area contributed by atoms with E-state index >= 15 is 0 Å². The standard InChI is InChI=1S/C20H23N5O2/c1-3-14-9-5-7-11-17(14)22-20(27)21-15(4-2)13-25-19(26)16-10-6-8-12-18(16)23-24-25/h5-12,15H,3-4,13H2,1-2H3,(H2,21,22,27). The maximum absolute atomic E-state index is 12.6. The van der Waals surface area contributed by atoms with Crippen molar-refractivity contribution in [2.45, 2.75) is 39.3 Å². The SMILES string of the molecule is CCc1ccccc1NC(=O)NC(CC)Cn1nnc2ccccc2c1=O. The van der Waals surface area contributed by atoms with Gasteiger partial charge in [0.05, 0.1) is 18.0 Å². The number of nitrogens with one attached hydrogen (secondary N) is 2. The van der Waals surface area contributed by atoms with Gasteiger partial charge in [-0.05, 0) is 36.6 Å². The van der Waals surface area contributed by atoms with Crippen LogP contribution in [0.4, 0.5) is 10.5 Å². The first-order valence-electron chi connectivity index (χ1n) is 9.10. The second-order valence-corrected chi connectivity index (χ2v) is 6.31. The van der Waals surface area contributed by atoms with E-state index in [1.807, 2.05) is 44.2 Å². The van der Waals surface area contributed by atoms with Gasteiger partial charge in [-0.3, -0.25) is 4.79 Å². The summed E-state index contributed by atoms with van der Waals surface area (Å²) in [5.74, 6) is 0. The Labute approximate surface area is 157 Å². The lowest BCUT2D eigenvalue weighted by Gasteiger charge is -2.18. The van der Waals surface area contributed by atoms with Crippen LogP contribution < -0.4 is 16.2 Å².